The minimum Gasteiger partial charge on any atom is -0.507 e. The summed E-state index contributed by atoms with van der Waals surface area (Å²) in [4.78, 5) is 12.4. The first-order valence-electron chi connectivity index (χ1n) is 6.07. The van der Waals surface area contributed by atoms with Crippen molar-refractivity contribution >= 4 is 29.3 Å². The van der Waals surface area contributed by atoms with Crippen LogP contribution in [0.1, 0.15) is 5.56 Å². The van der Waals surface area contributed by atoms with Gasteiger partial charge in [-0.25, -0.2) is 0 Å². The highest BCUT2D eigenvalue weighted by molar-refractivity contribution is 8.00. The Balaban J connectivity index is 1.78. The van der Waals surface area contributed by atoms with E-state index >= 15 is 0 Å². The van der Waals surface area contributed by atoms with Crippen LogP contribution in [0.25, 0.3) is 0 Å². The van der Waals surface area contributed by atoms with Crippen molar-refractivity contribution in [3.05, 3.63) is 59.1 Å². The quantitative estimate of drug-likeness (QED) is 0.832. The lowest BCUT2D eigenvalue weighted by atomic mass is 10.2. The summed E-state index contributed by atoms with van der Waals surface area (Å²) in [7, 11) is 0. The van der Waals surface area contributed by atoms with Crippen LogP contribution in [0.4, 0.5) is 0 Å². The Kier molecular flexibility index (Phi) is 5.32. The summed E-state index contributed by atoms with van der Waals surface area (Å²) in [6, 6.07) is 14.3. The van der Waals surface area contributed by atoms with Gasteiger partial charge in [-0.3, -0.25) is 4.79 Å². The monoisotopic (exact) mass is 307 g/mol. The second-order valence-corrected chi connectivity index (χ2v) is 5.61. The topological polar surface area (TPSA) is 49.3 Å². The molecule has 0 fully saturated rings. The van der Waals surface area contributed by atoms with E-state index in [1.165, 1.54) is 11.8 Å². The zero-order valence-electron chi connectivity index (χ0n) is 10.7. The number of para-hydroxylation sites is 1. The number of carbonyl (C=O) groups excluding carboxylic acids is 1. The molecular formula is C15H14ClNO2S. The molecule has 3 nitrogen and oxygen atoms in total. The molecule has 0 unspecified atom stereocenters. The number of aromatic hydroxyl groups is 1. The fourth-order valence-electron chi connectivity index (χ4n) is 1.58. The maximum atomic E-state index is 11.7. The molecule has 2 N–H and O–H groups in total. The standard InChI is InChI=1S/C15H14ClNO2S/c16-12-7-5-11(6-8-12)9-17-15(19)10-20-14-4-2-1-3-13(14)18/h1-8,18H,9-10H2,(H,17,19). The molecule has 2 rings (SSSR count). The molecule has 0 saturated carbocycles. The Hall–Kier alpha value is -1.65. The molecule has 5 heteroatoms. The maximum absolute atomic E-state index is 11.7. The molecule has 0 aliphatic carbocycles. The SMILES string of the molecule is O=C(CSc1ccccc1O)NCc1ccc(Cl)cc1. The number of nitrogens with one attached hydrogen (secondary N) is 1. The normalized spacial score (nSPS) is 10.2. The van der Waals surface area contributed by atoms with Gasteiger partial charge in [0, 0.05) is 16.5 Å². The Bertz CT molecular complexity index is 587. The van der Waals surface area contributed by atoms with Gasteiger partial charge in [-0.1, -0.05) is 35.9 Å². The van der Waals surface area contributed by atoms with E-state index in [0.29, 0.717) is 16.5 Å². The molecule has 2 aromatic rings. The van der Waals surface area contributed by atoms with Gasteiger partial charge in [0.1, 0.15) is 5.75 Å². The zero-order chi connectivity index (χ0) is 14.4. The van der Waals surface area contributed by atoms with E-state index in [1.54, 1.807) is 30.3 Å². The average Bonchev–Trinajstić information content (AvgIpc) is 2.46. The van der Waals surface area contributed by atoms with Gasteiger partial charge in [-0.2, -0.15) is 0 Å². The first-order chi connectivity index (χ1) is 9.65. The number of halogens is 1. The number of rotatable bonds is 5. The Labute approximate surface area is 127 Å². The summed E-state index contributed by atoms with van der Waals surface area (Å²) in [6.07, 6.45) is 0. The zero-order valence-corrected chi connectivity index (χ0v) is 12.2. The van der Waals surface area contributed by atoms with Crippen LogP contribution in [0.15, 0.2) is 53.4 Å². The van der Waals surface area contributed by atoms with Crippen molar-refractivity contribution in [3.8, 4) is 5.75 Å². The summed E-state index contributed by atoms with van der Waals surface area (Å²) >= 11 is 7.10. The van der Waals surface area contributed by atoms with E-state index in [1.807, 2.05) is 18.2 Å². The average molecular weight is 308 g/mol. The second kappa shape index (κ2) is 7.22. The van der Waals surface area contributed by atoms with Gasteiger partial charge < -0.3 is 10.4 Å². The van der Waals surface area contributed by atoms with Crippen LogP contribution < -0.4 is 5.32 Å². The second-order valence-electron chi connectivity index (χ2n) is 4.16. The predicted molar refractivity (Wildman–Crippen MR) is 82.1 cm³/mol. The first kappa shape index (κ1) is 14.8. The van der Waals surface area contributed by atoms with Gasteiger partial charge in [0.25, 0.3) is 0 Å². The number of phenols is 1. The summed E-state index contributed by atoms with van der Waals surface area (Å²) in [5.41, 5.74) is 0.996. The van der Waals surface area contributed by atoms with E-state index in [4.69, 9.17) is 11.6 Å². The van der Waals surface area contributed by atoms with Crippen LogP contribution in [0.5, 0.6) is 5.75 Å². The smallest absolute Gasteiger partial charge is 0.230 e. The molecular weight excluding hydrogens is 294 g/mol. The lowest BCUT2D eigenvalue weighted by molar-refractivity contribution is -0.118. The van der Waals surface area contributed by atoms with E-state index in [2.05, 4.69) is 5.32 Å². The van der Waals surface area contributed by atoms with Crippen LogP contribution in [0.3, 0.4) is 0 Å². The van der Waals surface area contributed by atoms with Crippen molar-refractivity contribution in [3.63, 3.8) is 0 Å². The van der Waals surface area contributed by atoms with Crippen molar-refractivity contribution in [1.82, 2.24) is 5.32 Å². The van der Waals surface area contributed by atoms with E-state index in [0.717, 1.165) is 5.56 Å². The predicted octanol–water partition coefficient (Wildman–Crippen LogP) is 3.45. The Morgan fingerprint density at radius 3 is 2.55 bits per heavy atom. The molecule has 1 amide bonds. The van der Waals surface area contributed by atoms with Crippen molar-refractivity contribution < 1.29 is 9.90 Å². The molecule has 0 saturated heterocycles. The fraction of sp³-hybridized carbons (Fsp3) is 0.133. The van der Waals surface area contributed by atoms with Crippen molar-refractivity contribution in [2.75, 3.05) is 5.75 Å². The molecule has 0 bridgehead atoms. The molecule has 20 heavy (non-hydrogen) atoms. The number of hydrogen-bond donors (Lipinski definition) is 2. The number of amides is 1. The number of benzene rings is 2. The van der Waals surface area contributed by atoms with Crippen LogP contribution >= 0.6 is 23.4 Å². The molecule has 0 atom stereocenters. The third kappa shape index (κ3) is 4.47. The van der Waals surface area contributed by atoms with Gasteiger partial charge in [-0.05, 0) is 29.8 Å². The lowest BCUT2D eigenvalue weighted by Gasteiger charge is -2.06. The van der Waals surface area contributed by atoms with Crippen molar-refractivity contribution in [2.45, 2.75) is 11.4 Å². The highest BCUT2D eigenvalue weighted by atomic mass is 35.5. The highest BCUT2D eigenvalue weighted by Gasteiger charge is 2.05. The summed E-state index contributed by atoms with van der Waals surface area (Å²) in [5.74, 6) is 0.390. The van der Waals surface area contributed by atoms with Crippen LogP contribution in [-0.2, 0) is 11.3 Å². The van der Waals surface area contributed by atoms with Gasteiger partial charge >= 0.3 is 0 Å². The molecule has 0 aliphatic heterocycles. The molecule has 0 aromatic heterocycles. The van der Waals surface area contributed by atoms with Crippen molar-refractivity contribution in [2.24, 2.45) is 0 Å². The maximum Gasteiger partial charge on any atom is 0.230 e. The van der Waals surface area contributed by atoms with Gasteiger partial charge in [0.15, 0.2) is 0 Å². The van der Waals surface area contributed by atoms with E-state index in [-0.39, 0.29) is 17.4 Å². The molecule has 0 heterocycles. The molecule has 2 aromatic carbocycles. The third-order valence-corrected chi connectivity index (χ3v) is 3.94. The summed E-state index contributed by atoms with van der Waals surface area (Å²) in [6.45, 7) is 0.470. The molecule has 0 spiro atoms. The Morgan fingerprint density at radius 1 is 1.15 bits per heavy atom. The first-order valence-corrected chi connectivity index (χ1v) is 7.43. The number of phenolic OH excluding ortho intramolecular Hbond substituents is 1. The molecule has 0 radical (unpaired) electrons. The number of carbonyl (C=O) groups is 1. The number of hydrogen-bond acceptors (Lipinski definition) is 3. The third-order valence-electron chi connectivity index (χ3n) is 2.63. The fourth-order valence-corrected chi connectivity index (χ4v) is 2.48. The largest absolute Gasteiger partial charge is 0.507 e. The summed E-state index contributed by atoms with van der Waals surface area (Å²) in [5, 5.41) is 13.1. The highest BCUT2D eigenvalue weighted by Crippen LogP contribution is 2.27. The molecule has 0 aliphatic rings. The van der Waals surface area contributed by atoms with Crippen molar-refractivity contribution in [1.29, 1.82) is 0 Å². The van der Waals surface area contributed by atoms with Crippen LogP contribution in [0, 0.1) is 0 Å². The molecule has 104 valence electrons. The van der Waals surface area contributed by atoms with Gasteiger partial charge in [-0.15, -0.1) is 11.8 Å². The lowest BCUT2D eigenvalue weighted by Crippen LogP contribution is -2.24. The van der Waals surface area contributed by atoms with E-state index < -0.39 is 0 Å². The minimum atomic E-state index is -0.0757. The number of thioether (sulfide) groups is 1. The van der Waals surface area contributed by atoms with Crippen LogP contribution in [-0.4, -0.2) is 16.8 Å². The Morgan fingerprint density at radius 2 is 1.85 bits per heavy atom. The van der Waals surface area contributed by atoms with Gasteiger partial charge in [0.2, 0.25) is 5.91 Å². The van der Waals surface area contributed by atoms with E-state index in [9.17, 15) is 9.90 Å². The summed E-state index contributed by atoms with van der Waals surface area (Å²) < 4.78 is 0. The minimum absolute atomic E-state index is 0.0757. The van der Waals surface area contributed by atoms with Gasteiger partial charge in [0.05, 0.1) is 5.75 Å². The van der Waals surface area contributed by atoms with Crippen LogP contribution in [0.2, 0.25) is 5.02 Å².